The molecule has 194 valence electrons. The first kappa shape index (κ1) is 29.9. The summed E-state index contributed by atoms with van der Waals surface area (Å²) in [5.74, 6) is -1.78. The van der Waals surface area contributed by atoms with E-state index in [0.29, 0.717) is 19.4 Å². The summed E-state index contributed by atoms with van der Waals surface area (Å²) < 4.78 is 0. The minimum atomic E-state index is -0.744. The van der Waals surface area contributed by atoms with E-state index >= 15 is 0 Å². The molecule has 2 N–H and O–H groups in total. The average Bonchev–Trinajstić information content (AvgIpc) is 2.71. The normalized spacial score (nSPS) is 21.1. The highest BCUT2D eigenvalue weighted by atomic mass is 16.7. The third-order valence-electron chi connectivity index (χ3n) is 7.47. The maximum Gasteiger partial charge on any atom is 0.306 e. The van der Waals surface area contributed by atoms with Gasteiger partial charge < -0.3 is 10.2 Å². The summed E-state index contributed by atoms with van der Waals surface area (Å²) in [6.45, 7) is 11.6. The second-order valence-electron chi connectivity index (χ2n) is 11.2. The maximum absolute atomic E-state index is 12.3. The first-order chi connectivity index (χ1) is 15.5. The van der Waals surface area contributed by atoms with E-state index in [1.54, 1.807) is 0 Å². The molecule has 33 heavy (non-hydrogen) atoms. The van der Waals surface area contributed by atoms with Crippen molar-refractivity contribution in [1.29, 1.82) is 0 Å². The average molecular weight is 470 g/mol. The molecule has 6 nitrogen and oxygen atoms in total. The van der Waals surface area contributed by atoms with Crippen molar-refractivity contribution < 1.29 is 24.6 Å². The van der Waals surface area contributed by atoms with Gasteiger partial charge in [0.2, 0.25) is 0 Å². The van der Waals surface area contributed by atoms with E-state index in [-0.39, 0.29) is 29.3 Å². The Labute approximate surface area is 202 Å². The molecule has 1 aliphatic heterocycles. The number of carboxylic acids is 2. The Kier molecular flexibility index (Phi) is 13.6. The minimum Gasteiger partial charge on any atom is -0.481 e. The van der Waals surface area contributed by atoms with Crippen LogP contribution in [0.3, 0.4) is 0 Å². The fraction of sp³-hybridized carbons (Fsp3) is 0.926. The number of unbranched alkanes of at least 4 members (excludes halogenated alkanes) is 9. The van der Waals surface area contributed by atoms with Crippen molar-refractivity contribution in [1.82, 2.24) is 5.06 Å². The number of nitrogens with zero attached hydrogens (tertiary/aromatic N) is 1. The Morgan fingerprint density at radius 3 is 2.09 bits per heavy atom. The smallest absolute Gasteiger partial charge is 0.306 e. The van der Waals surface area contributed by atoms with Gasteiger partial charge in [0.15, 0.2) is 0 Å². The van der Waals surface area contributed by atoms with Crippen molar-refractivity contribution in [2.45, 2.75) is 142 Å². The van der Waals surface area contributed by atoms with Crippen LogP contribution in [0.25, 0.3) is 0 Å². The lowest BCUT2D eigenvalue weighted by atomic mass is 9.67. The Hall–Kier alpha value is -1.14. The number of aliphatic carboxylic acids is 2. The lowest BCUT2D eigenvalue weighted by Gasteiger charge is -2.56. The van der Waals surface area contributed by atoms with Gasteiger partial charge in [0.25, 0.3) is 0 Å². The molecule has 0 aromatic heterocycles. The first-order valence-corrected chi connectivity index (χ1v) is 13.4. The molecular formula is C27H51NO5. The third kappa shape index (κ3) is 10.3. The van der Waals surface area contributed by atoms with Crippen molar-refractivity contribution in [3.63, 3.8) is 0 Å². The zero-order chi connectivity index (χ0) is 24.9. The number of hydrogen-bond donors (Lipinski definition) is 2. The molecule has 0 spiro atoms. The van der Waals surface area contributed by atoms with Gasteiger partial charge >= 0.3 is 11.9 Å². The van der Waals surface area contributed by atoms with Gasteiger partial charge in [0, 0.05) is 17.5 Å². The zero-order valence-corrected chi connectivity index (χ0v) is 22.0. The highest BCUT2D eigenvalue weighted by Gasteiger charge is 2.51. The third-order valence-corrected chi connectivity index (χ3v) is 7.47. The van der Waals surface area contributed by atoms with Crippen LogP contribution < -0.4 is 0 Å². The summed E-state index contributed by atoms with van der Waals surface area (Å²) in [7, 11) is 0. The summed E-state index contributed by atoms with van der Waals surface area (Å²) in [4.78, 5) is 29.2. The van der Waals surface area contributed by atoms with Crippen LogP contribution in [0.4, 0.5) is 0 Å². The van der Waals surface area contributed by atoms with Gasteiger partial charge in [-0.05, 0) is 65.7 Å². The zero-order valence-electron chi connectivity index (χ0n) is 22.0. The highest BCUT2D eigenvalue weighted by molar-refractivity contribution is 5.70. The van der Waals surface area contributed by atoms with Gasteiger partial charge in [-0.2, -0.15) is 5.06 Å². The molecule has 0 saturated carbocycles. The molecule has 1 heterocycles. The summed E-state index contributed by atoms with van der Waals surface area (Å²) in [6.07, 6.45) is 14.4. The predicted octanol–water partition coefficient (Wildman–Crippen LogP) is 7.06. The van der Waals surface area contributed by atoms with E-state index in [4.69, 9.17) is 9.94 Å². The second-order valence-corrected chi connectivity index (χ2v) is 11.2. The van der Waals surface area contributed by atoms with Gasteiger partial charge in [-0.15, -0.1) is 0 Å². The Morgan fingerprint density at radius 2 is 1.48 bits per heavy atom. The van der Waals surface area contributed by atoms with E-state index in [0.717, 1.165) is 44.9 Å². The van der Waals surface area contributed by atoms with Gasteiger partial charge in [0.1, 0.15) is 0 Å². The van der Waals surface area contributed by atoms with Crippen LogP contribution >= 0.6 is 0 Å². The molecule has 1 rings (SSSR count). The fourth-order valence-electron chi connectivity index (χ4n) is 5.63. The van der Waals surface area contributed by atoms with Crippen molar-refractivity contribution in [3.05, 3.63) is 0 Å². The summed E-state index contributed by atoms with van der Waals surface area (Å²) in [6, 6.07) is 0. The molecule has 1 fully saturated rings. The number of hydrogen-bond acceptors (Lipinski definition) is 4. The molecule has 2 atom stereocenters. The number of hydroxylamine groups is 2. The minimum absolute atomic E-state index is 0.0413. The van der Waals surface area contributed by atoms with Gasteiger partial charge in [-0.3, -0.25) is 14.4 Å². The predicted molar refractivity (Wildman–Crippen MR) is 133 cm³/mol. The van der Waals surface area contributed by atoms with E-state index in [2.05, 4.69) is 39.7 Å². The summed E-state index contributed by atoms with van der Waals surface area (Å²) in [5.41, 5.74) is -0.468. The summed E-state index contributed by atoms with van der Waals surface area (Å²) in [5, 5.41) is 20.9. The first-order valence-electron chi connectivity index (χ1n) is 13.4. The number of carbonyl (C=O) groups is 2. The number of piperidine rings is 1. The largest absolute Gasteiger partial charge is 0.481 e. The van der Waals surface area contributed by atoms with Crippen LogP contribution in [0.1, 0.15) is 131 Å². The van der Waals surface area contributed by atoms with E-state index in [1.165, 1.54) is 32.1 Å². The molecule has 0 amide bonds. The molecule has 6 heteroatoms. The molecule has 0 bridgehead atoms. The van der Waals surface area contributed by atoms with Crippen LogP contribution in [0.15, 0.2) is 0 Å². The van der Waals surface area contributed by atoms with Crippen LogP contribution in [0, 0.1) is 11.8 Å². The topological polar surface area (TPSA) is 87.1 Å². The van der Waals surface area contributed by atoms with Crippen molar-refractivity contribution in [2.75, 3.05) is 6.61 Å². The molecule has 0 aromatic carbocycles. The monoisotopic (exact) mass is 469 g/mol. The fourth-order valence-corrected chi connectivity index (χ4v) is 5.63. The molecule has 1 saturated heterocycles. The molecule has 0 aliphatic carbocycles. The summed E-state index contributed by atoms with van der Waals surface area (Å²) >= 11 is 0. The molecule has 2 unspecified atom stereocenters. The number of rotatable bonds is 18. The van der Waals surface area contributed by atoms with Crippen LogP contribution in [-0.4, -0.2) is 44.9 Å². The molecule has 0 radical (unpaired) electrons. The Morgan fingerprint density at radius 1 is 0.909 bits per heavy atom. The standard InChI is InChI=1S/C27H51NO5/c1-6-7-8-9-13-16-21-33-28-26(2,3)20-19-23(27(28,4)5)22(25(31)32)17-14-11-10-12-15-18-24(29)30/h22-23H,6-21H2,1-5H3,(H,29,30)(H,31,32). The Bertz CT molecular complexity index is 575. The molecule has 0 aromatic rings. The highest BCUT2D eigenvalue weighted by Crippen LogP contribution is 2.46. The van der Waals surface area contributed by atoms with Crippen molar-refractivity contribution in [3.8, 4) is 0 Å². The van der Waals surface area contributed by atoms with Crippen molar-refractivity contribution in [2.24, 2.45) is 11.8 Å². The second kappa shape index (κ2) is 15.0. The van der Waals surface area contributed by atoms with Gasteiger partial charge in [-0.25, -0.2) is 0 Å². The van der Waals surface area contributed by atoms with Crippen LogP contribution in [0.5, 0.6) is 0 Å². The van der Waals surface area contributed by atoms with E-state index in [9.17, 15) is 14.7 Å². The molecular weight excluding hydrogens is 418 g/mol. The van der Waals surface area contributed by atoms with Crippen molar-refractivity contribution >= 4 is 11.9 Å². The van der Waals surface area contributed by atoms with E-state index < -0.39 is 11.9 Å². The van der Waals surface area contributed by atoms with Gasteiger partial charge in [0.05, 0.1) is 12.5 Å². The van der Waals surface area contributed by atoms with E-state index in [1.807, 2.05) is 0 Å². The van der Waals surface area contributed by atoms with Crippen LogP contribution in [-0.2, 0) is 14.4 Å². The quantitative estimate of drug-likeness (QED) is 0.209. The SMILES string of the molecule is CCCCCCCCON1C(C)(C)CCC(C(CCCCCCCC(=O)O)C(=O)O)C1(C)C. The number of carboxylic acid groups (broad SMARTS) is 2. The van der Waals surface area contributed by atoms with Crippen LogP contribution in [0.2, 0.25) is 0 Å². The lowest BCUT2D eigenvalue weighted by molar-refractivity contribution is -0.299. The lowest BCUT2D eigenvalue weighted by Crippen LogP contribution is -2.64. The maximum atomic E-state index is 12.3. The van der Waals surface area contributed by atoms with Gasteiger partial charge in [-0.1, -0.05) is 64.7 Å². The molecule has 1 aliphatic rings. The Balaban J connectivity index is 2.62.